The summed E-state index contributed by atoms with van der Waals surface area (Å²) >= 11 is 5.86. The summed E-state index contributed by atoms with van der Waals surface area (Å²) in [6, 6.07) is 11.7. The van der Waals surface area contributed by atoms with Crippen molar-refractivity contribution >= 4 is 28.9 Å². The summed E-state index contributed by atoms with van der Waals surface area (Å²) in [6.07, 6.45) is -0.0928. The van der Waals surface area contributed by atoms with Crippen molar-refractivity contribution in [2.24, 2.45) is 0 Å². The predicted octanol–water partition coefficient (Wildman–Crippen LogP) is 3.42. The fraction of sp³-hybridized carbons (Fsp3) is 0.0714. The lowest BCUT2D eigenvalue weighted by Gasteiger charge is -2.12. The normalized spacial score (nSPS) is 10.2. The van der Waals surface area contributed by atoms with Crippen LogP contribution >= 0.6 is 11.6 Å². The van der Waals surface area contributed by atoms with E-state index in [2.05, 4.69) is 5.32 Å². The molecule has 98 valence electrons. The van der Waals surface area contributed by atoms with Crippen molar-refractivity contribution in [3.8, 4) is 5.75 Å². The number of carboxylic acid groups (broad SMARTS) is 1. The third-order valence-electron chi connectivity index (χ3n) is 2.59. The van der Waals surface area contributed by atoms with Gasteiger partial charge in [0.05, 0.1) is 12.1 Å². The topological polar surface area (TPSA) is 69.6 Å². The number of carboxylic acids is 1. The number of para-hydroxylation sites is 1. The first-order valence-corrected chi connectivity index (χ1v) is 5.99. The summed E-state index contributed by atoms with van der Waals surface area (Å²) in [5, 5.41) is 22.1. The lowest BCUT2D eigenvalue weighted by atomic mass is 10.1. The van der Waals surface area contributed by atoms with Crippen LogP contribution in [0.2, 0.25) is 5.02 Å². The van der Waals surface area contributed by atoms with Crippen LogP contribution in [0.5, 0.6) is 5.75 Å². The van der Waals surface area contributed by atoms with Crippen LogP contribution in [-0.4, -0.2) is 16.2 Å². The van der Waals surface area contributed by atoms with Gasteiger partial charge in [-0.2, -0.15) is 0 Å². The quantitative estimate of drug-likeness (QED) is 0.749. The molecule has 0 aliphatic carbocycles. The molecule has 5 heteroatoms. The number of hydrogen-bond acceptors (Lipinski definition) is 3. The van der Waals surface area contributed by atoms with E-state index in [0.717, 1.165) is 0 Å². The van der Waals surface area contributed by atoms with Gasteiger partial charge in [0.15, 0.2) is 0 Å². The highest BCUT2D eigenvalue weighted by Crippen LogP contribution is 2.30. The molecule has 0 unspecified atom stereocenters. The van der Waals surface area contributed by atoms with Crippen molar-refractivity contribution in [2.75, 3.05) is 5.32 Å². The Balaban J connectivity index is 2.32. The Morgan fingerprint density at radius 3 is 2.63 bits per heavy atom. The summed E-state index contributed by atoms with van der Waals surface area (Å²) in [7, 11) is 0. The smallest absolute Gasteiger partial charge is 0.307 e. The predicted molar refractivity (Wildman–Crippen MR) is 74.2 cm³/mol. The first kappa shape index (κ1) is 13.2. The molecule has 3 N–H and O–H groups in total. The second-order valence-corrected chi connectivity index (χ2v) is 4.45. The van der Waals surface area contributed by atoms with Crippen molar-refractivity contribution in [2.45, 2.75) is 6.42 Å². The molecule has 0 atom stereocenters. The maximum Gasteiger partial charge on any atom is 0.307 e. The fourth-order valence-corrected chi connectivity index (χ4v) is 1.88. The second kappa shape index (κ2) is 5.63. The molecule has 0 radical (unpaired) electrons. The number of benzene rings is 2. The highest BCUT2D eigenvalue weighted by Gasteiger charge is 2.08. The molecular weight excluding hydrogens is 266 g/mol. The highest BCUT2D eigenvalue weighted by atomic mass is 35.5. The van der Waals surface area contributed by atoms with Crippen LogP contribution in [-0.2, 0) is 11.2 Å². The Bertz CT molecular complexity index is 613. The minimum atomic E-state index is -0.912. The van der Waals surface area contributed by atoms with Gasteiger partial charge in [-0.05, 0) is 29.8 Å². The molecule has 0 fully saturated rings. The number of aliphatic carboxylic acids is 1. The Labute approximate surface area is 115 Å². The van der Waals surface area contributed by atoms with E-state index in [4.69, 9.17) is 16.7 Å². The van der Waals surface area contributed by atoms with E-state index in [1.807, 2.05) is 0 Å². The molecule has 2 aromatic carbocycles. The Morgan fingerprint density at radius 2 is 1.89 bits per heavy atom. The zero-order chi connectivity index (χ0) is 13.8. The van der Waals surface area contributed by atoms with E-state index < -0.39 is 5.97 Å². The number of nitrogens with one attached hydrogen (secondary N) is 1. The van der Waals surface area contributed by atoms with E-state index in [1.54, 1.807) is 36.4 Å². The minimum absolute atomic E-state index is 0.0505. The zero-order valence-electron chi connectivity index (χ0n) is 9.93. The lowest BCUT2D eigenvalue weighted by Crippen LogP contribution is -2.03. The van der Waals surface area contributed by atoms with E-state index in [1.165, 1.54) is 6.07 Å². The SMILES string of the molecule is O=C(O)Cc1ccccc1Nc1cc(Cl)ccc1O. The first-order valence-electron chi connectivity index (χ1n) is 5.61. The minimum Gasteiger partial charge on any atom is -0.506 e. The average Bonchev–Trinajstić information content (AvgIpc) is 2.35. The largest absolute Gasteiger partial charge is 0.506 e. The van der Waals surface area contributed by atoms with Gasteiger partial charge in [0.25, 0.3) is 0 Å². The molecule has 4 nitrogen and oxygen atoms in total. The zero-order valence-corrected chi connectivity index (χ0v) is 10.7. The van der Waals surface area contributed by atoms with E-state index >= 15 is 0 Å². The summed E-state index contributed by atoms with van der Waals surface area (Å²) < 4.78 is 0. The van der Waals surface area contributed by atoms with Crippen molar-refractivity contribution < 1.29 is 15.0 Å². The Kier molecular flexibility index (Phi) is 3.92. The molecular formula is C14H12ClNO3. The van der Waals surface area contributed by atoms with Crippen molar-refractivity contribution in [1.29, 1.82) is 0 Å². The third kappa shape index (κ3) is 3.39. The van der Waals surface area contributed by atoms with E-state index in [0.29, 0.717) is 22.0 Å². The molecule has 2 aromatic rings. The first-order chi connectivity index (χ1) is 9.06. The molecule has 0 saturated carbocycles. The maximum atomic E-state index is 10.8. The molecule has 0 spiro atoms. The van der Waals surface area contributed by atoms with Crippen molar-refractivity contribution in [3.05, 3.63) is 53.1 Å². The van der Waals surface area contributed by atoms with E-state index in [9.17, 15) is 9.90 Å². The number of hydrogen-bond donors (Lipinski definition) is 3. The number of carbonyl (C=O) groups is 1. The van der Waals surface area contributed by atoms with Crippen LogP contribution in [0.15, 0.2) is 42.5 Å². The van der Waals surface area contributed by atoms with Gasteiger partial charge in [-0.1, -0.05) is 29.8 Å². The number of phenolic OH excluding ortho intramolecular Hbond substituents is 1. The third-order valence-corrected chi connectivity index (χ3v) is 2.82. The summed E-state index contributed by atoms with van der Waals surface area (Å²) in [6.45, 7) is 0. The van der Waals surface area contributed by atoms with Crippen LogP contribution in [0, 0.1) is 0 Å². The van der Waals surface area contributed by atoms with Crippen molar-refractivity contribution in [1.82, 2.24) is 0 Å². The van der Waals surface area contributed by atoms with Gasteiger partial charge >= 0.3 is 5.97 Å². The lowest BCUT2D eigenvalue weighted by molar-refractivity contribution is -0.136. The van der Waals surface area contributed by atoms with Gasteiger partial charge < -0.3 is 15.5 Å². The van der Waals surface area contributed by atoms with Crippen LogP contribution in [0.3, 0.4) is 0 Å². The number of halogens is 1. The molecule has 0 amide bonds. The molecule has 0 aromatic heterocycles. The van der Waals surface area contributed by atoms with Crippen LogP contribution < -0.4 is 5.32 Å². The van der Waals surface area contributed by atoms with Crippen molar-refractivity contribution in [3.63, 3.8) is 0 Å². The highest BCUT2D eigenvalue weighted by molar-refractivity contribution is 6.31. The van der Waals surface area contributed by atoms with Crippen LogP contribution in [0.1, 0.15) is 5.56 Å². The standard InChI is InChI=1S/C14H12ClNO3/c15-10-5-6-13(17)12(8-10)16-11-4-2-1-3-9(11)7-14(18)19/h1-6,8,16-17H,7H2,(H,18,19). The summed E-state index contributed by atoms with van der Waals surface area (Å²) in [5.41, 5.74) is 1.70. The molecule has 19 heavy (non-hydrogen) atoms. The summed E-state index contributed by atoms with van der Waals surface area (Å²) in [4.78, 5) is 10.8. The molecule has 0 aliphatic rings. The maximum absolute atomic E-state index is 10.8. The van der Waals surface area contributed by atoms with Gasteiger partial charge in [-0.15, -0.1) is 0 Å². The summed E-state index contributed by atoms with van der Waals surface area (Å²) in [5.74, 6) is -0.862. The second-order valence-electron chi connectivity index (χ2n) is 4.01. The van der Waals surface area contributed by atoms with Gasteiger partial charge in [-0.25, -0.2) is 0 Å². The number of aromatic hydroxyl groups is 1. The average molecular weight is 278 g/mol. The Hall–Kier alpha value is -2.20. The number of rotatable bonds is 4. The molecule has 0 saturated heterocycles. The molecule has 0 aliphatic heterocycles. The molecule has 0 heterocycles. The number of anilines is 2. The molecule has 0 bridgehead atoms. The number of phenols is 1. The fourth-order valence-electron chi connectivity index (χ4n) is 1.71. The Morgan fingerprint density at radius 1 is 1.16 bits per heavy atom. The van der Waals surface area contributed by atoms with Gasteiger partial charge in [0.2, 0.25) is 0 Å². The monoisotopic (exact) mass is 277 g/mol. The van der Waals surface area contributed by atoms with Gasteiger partial charge in [-0.3, -0.25) is 4.79 Å². The van der Waals surface area contributed by atoms with Gasteiger partial charge in [0.1, 0.15) is 5.75 Å². The van der Waals surface area contributed by atoms with Gasteiger partial charge in [0, 0.05) is 10.7 Å². The van der Waals surface area contributed by atoms with E-state index in [-0.39, 0.29) is 12.2 Å². The van der Waals surface area contributed by atoms with Crippen LogP contribution in [0.4, 0.5) is 11.4 Å². The molecule has 2 rings (SSSR count). The van der Waals surface area contributed by atoms with Crippen LogP contribution in [0.25, 0.3) is 0 Å².